The number of benzene rings is 3. The van der Waals surface area contributed by atoms with E-state index < -0.39 is 29.0 Å². The smallest absolute Gasteiger partial charge is 0.338 e. The van der Waals surface area contributed by atoms with E-state index in [1.165, 1.54) is 48.5 Å². The topological polar surface area (TPSA) is 143 Å². The minimum Gasteiger partial charge on any atom is -0.457 e. The second-order valence-electron chi connectivity index (χ2n) is 6.48. The highest BCUT2D eigenvalue weighted by atomic mass is 35.5. The van der Waals surface area contributed by atoms with E-state index in [-0.39, 0.29) is 38.8 Å². The number of nitriles is 2. The van der Waals surface area contributed by atoms with Gasteiger partial charge in [-0.1, -0.05) is 17.7 Å². The third-order valence-corrected chi connectivity index (χ3v) is 4.66. The Labute approximate surface area is 192 Å². The summed E-state index contributed by atoms with van der Waals surface area (Å²) in [6.07, 6.45) is 0. The van der Waals surface area contributed by atoms with E-state index in [4.69, 9.17) is 31.6 Å². The molecule has 0 radical (unpaired) electrons. The van der Waals surface area contributed by atoms with E-state index in [0.29, 0.717) is 0 Å². The lowest BCUT2D eigenvalue weighted by atomic mass is 10.1. The molecular formula is C23H12ClN3O6. The lowest BCUT2D eigenvalue weighted by molar-refractivity contribution is -0.384. The summed E-state index contributed by atoms with van der Waals surface area (Å²) in [7, 11) is 0. The van der Waals surface area contributed by atoms with Crippen LogP contribution in [0.2, 0.25) is 5.02 Å². The minimum absolute atomic E-state index is 0.0231. The Bertz CT molecular complexity index is 1360. The number of ether oxygens (including phenoxy) is 2. The minimum atomic E-state index is -0.810. The van der Waals surface area contributed by atoms with E-state index >= 15 is 0 Å². The molecule has 0 aliphatic rings. The lowest BCUT2D eigenvalue weighted by Gasteiger charge is -2.09. The molecule has 0 fully saturated rings. The van der Waals surface area contributed by atoms with Crippen molar-refractivity contribution in [3.05, 3.63) is 98.1 Å². The van der Waals surface area contributed by atoms with Crippen molar-refractivity contribution >= 4 is 29.0 Å². The number of nitrogens with zero attached hydrogens (tertiary/aromatic N) is 3. The van der Waals surface area contributed by atoms with Crippen LogP contribution in [0.25, 0.3) is 0 Å². The SMILES string of the molecule is N#Cc1ccc(Oc2cccc(C(=O)OCC(=O)c3ccc(Cl)c([N+](=O)[O-])c3)c2)cc1C#N. The maximum absolute atomic E-state index is 12.4. The number of hydrogen-bond donors (Lipinski definition) is 0. The van der Waals surface area contributed by atoms with Crippen LogP contribution in [0, 0.1) is 32.8 Å². The largest absolute Gasteiger partial charge is 0.457 e. The third kappa shape index (κ3) is 5.50. The van der Waals surface area contributed by atoms with Gasteiger partial charge in [0.25, 0.3) is 5.69 Å². The summed E-state index contributed by atoms with van der Waals surface area (Å²) in [4.78, 5) is 34.9. The zero-order valence-corrected chi connectivity index (χ0v) is 17.4. The van der Waals surface area contributed by atoms with Gasteiger partial charge < -0.3 is 9.47 Å². The molecule has 3 aromatic rings. The number of nitro benzene ring substituents is 1. The molecule has 9 nitrogen and oxygen atoms in total. The van der Waals surface area contributed by atoms with Crippen molar-refractivity contribution < 1.29 is 24.0 Å². The van der Waals surface area contributed by atoms with Crippen molar-refractivity contribution in [2.24, 2.45) is 0 Å². The zero-order chi connectivity index (χ0) is 24.0. The predicted molar refractivity (Wildman–Crippen MR) is 115 cm³/mol. The summed E-state index contributed by atoms with van der Waals surface area (Å²) in [6.45, 7) is -0.635. The van der Waals surface area contributed by atoms with Gasteiger partial charge in [-0.25, -0.2) is 4.79 Å². The number of Topliss-reactive ketones (excluding diaryl/α,β-unsaturated/α-hetero) is 1. The fraction of sp³-hybridized carbons (Fsp3) is 0.0435. The molecule has 33 heavy (non-hydrogen) atoms. The number of hydrogen-bond acceptors (Lipinski definition) is 8. The van der Waals surface area contributed by atoms with Crippen molar-refractivity contribution in [2.45, 2.75) is 0 Å². The maximum Gasteiger partial charge on any atom is 0.338 e. The van der Waals surface area contributed by atoms with Gasteiger partial charge in [0.15, 0.2) is 6.61 Å². The van der Waals surface area contributed by atoms with E-state index in [9.17, 15) is 19.7 Å². The van der Waals surface area contributed by atoms with Gasteiger partial charge in [0, 0.05) is 11.6 Å². The van der Waals surface area contributed by atoms with Crippen molar-refractivity contribution in [1.82, 2.24) is 0 Å². The van der Waals surface area contributed by atoms with E-state index in [2.05, 4.69) is 0 Å². The average Bonchev–Trinajstić information content (AvgIpc) is 2.82. The first-order valence-electron chi connectivity index (χ1n) is 9.19. The van der Waals surface area contributed by atoms with Gasteiger partial charge >= 0.3 is 5.97 Å². The van der Waals surface area contributed by atoms with Crippen LogP contribution in [0.1, 0.15) is 31.8 Å². The summed E-state index contributed by atoms with van der Waals surface area (Å²) >= 11 is 5.73. The fourth-order valence-corrected chi connectivity index (χ4v) is 2.91. The Hall–Kier alpha value is -4.73. The summed E-state index contributed by atoms with van der Waals surface area (Å²) in [6, 6.07) is 17.6. The number of halogens is 1. The Morgan fingerprint density at radius 2 is 1.67 bits per heavy atom. The molecular weight excluding hydrogens is 450 g/mol. The molecule has 0 spiro atoms. The van der Waals surface area contributed by atoms with Gasteiger partial charge in [0.1, 0.15) is 28.7 Å². The van der Waals surface area contributed by atoms with Crippen molar-refractivity contribution in [2.75, 3.05) is 6.61 Å². The van der Waals surface area contributed by atoms with E-state index in [0.717, 1.165) is 6.07 Å². The molecule has 0 heterocycles. The van der Waals surface area contributed by atoms with Crippen molar-refractivity contribution in [1.29, 1.82) is 10.5 Å². The molecule has 0 unspecified atom stereocenters. The van der Waals surface area contributed by atoms with Gasteiger partial charge in [0.2, 0.25) is 5.78 Å². The molecule has 0 aromatic heterocycles. The predicted octanol–water partition coefficient (Wildman–Crippen LogP) is 4.82. The van der Waals surface area contributed by atoms with Crippen LogP contribution in [0.15, 0.2) is 60.7 Å². The maximum atomic E-state index is 12.4. The molecule has 0 saturated heterocycles. The number of nitro groups is 1. The molecule has 0 aliphatic carbocycles. The van der Waals surface area contributed by atoms with Crippen LogP contribution in [0.4, 0.5) is 5.69 Å². The summed E-state index contributed by atoms with van der Waals surface area (Å²) < 4.78 is 10.7. The number of rotatable bonds is 7. The third-order valence-electron chi connectivity index (χ3n) is 4.34. The second kappa shape index (κ2) is 10.1. The molecule has 0 atom stereocenters. The first-order chi connectivity index (χ1) is 15.8. The normalized spacial score (nSPS) is 9.91. The van der Waals surface area contributed by atoms with Gasteiger partial charge in [-0.15, -0.1) is 0 Å². The second-order valence-corrected chi connectivity index (χ2v) is 6.89. The van der Waals surface area contributed by atoms with Gasteiger partial charge in [-0.2, -0.15) is 10.5 Å². The highest BCUT2D eigenvalue weighted by Crippen LogP contribution is 2.26. The highest BCUT2D eigenvalue weighted by molar-refractivity contribution is 6.32. The van der Waals surface area contributed by atoms with Crippen LogP contribution in [-0.4, -0.2) is 23.3 Å². The molecule has 3 aromatic carbocycles. The number of esters is 1. The summed E-state index contributed by atoms with van der Waals surface area (Å²) in [5.74, 6) is -0.903. The Kier molecular flexibility index (Phi) is 6.99. The number of ketones is 1. The first kappa shape index (κ1) is 22.9. The molecule has 3 rings (SSSR count). The molecule has 0 N–H and O–H groups in total. The fourth-order valence-electron chi connectivity index (χ4n) is 2.72. The zero-order valence-electron chi connectivity index (χ0n) is 16.6. The van der Waals surface area contributed by atoms with E-state index in [1.807, 2.05) is 12.1 Å². The van der Waals surface area contributed by atoms with Crippen LogP contribution in [0.3, 0.4) is 0 Å². The Morgan fingerprint density at radius 1 is 0.939 bits per heavy atom. The van der Waals surface area contributed by atoms with Gasteiger partial charge in [-0.3, -0.25) is 14.9 Å². The molecule has 0 saturated carbocycles. The quantitative estimate of drug-likeness (QED) is 0.211. The standard InChI is InChI=1S/C23H12ClN3O6/c24-20-7-5-14(10-21(20)27(30)31)22(28)13-32-23(29)15-2-1-3-18(8-15)33-19-6-4-16(11-25)17(9-19)12-26/h1-10H,13H2. The molecule has 0 aliphatic heterocycles. The Balaban J connectivity index is 1.68. The molecule has 10 heteroatoms. The molecule has 0 amide bonds. The van der Waals surface area contributed by atoms with Crippen molar-refractivity contribution in [3.63, 3.8) is 0 Å². The van der Waals surface area contributed by atoms with Crippen LogP contribution in [0.5, 0.6) is 11.5 Å². The Morgan fingerprint density at radius 3 is 2.36 bits per heavy atom. The summed E-state index contributed by atoms with van der Waals surface area (Å²) in [5.41, 5.74) is -0.00735. The highest BCUT2D eigenvalue weighted by Gasteiger charge is 2.18. The molecule has 162 valence electrons. The number of carbonyl (C=O) groups excluding carboxylic acids is 2. The molecule has 0 bridgehead atoms. The first-order valence-corrected chi connectivity index (χ1v) is 9.56. The average molecular weight is 462 g/mol. The van der Waals surface area contributed by atoms with Crippen LogP contribution >= 0.6 is 11.6 Å². The van der Waals surface area contributed by atoms with Gasteiger partial charge in [0.05, 0.1) is 21.6 Å². The summed E-state index contributed by atoms with van der Waals surface area (Å²) in [5, 5.41) is 28.9. The van der Waals surface area contributed by atoms with E-state index in [1.54, 1.807) is 6.07 Å². The number of carbonyl (C=O) groups is 2. The van der Waals surface area contributed by atoms with Crippen molar-refractivity contribution in [3.8, 4) is 23.6 Å². The van der Waals surface area contributed by atoms with Gasteiger partial charge in [-0.05, 0) is 48.5 Å². The van der Waals surface area contributed by atoms with Crippen LogP contribution in [-0.2, 0) is 4.74 Å². The monoisotopic (exact) mass is 461 g/mol. The van der Waals surface area contributed by atoms with Crippen LogP contribution < -0.4 is 4.74 Å². The lowest BCUT2D eigenvalue weighted by Crippen LogP contribution is -2.14.